The average Bonchev–Trinajstić information content (AvgIpc) is 4.18. The van der Waals surface area contributed by atoms with Crippen LogP contribution in [-0.4, -0.2) is 99.4 Å². The topological polar surface area (TPSA) is 388 Å². The number of carbonyl (C=O) groups excluding carboxylic acids is 6. The number of aromatic amines is 3. The van der Waals surface area contributed by atoms with Crippen molar-refractivity contribution in [3.8, 4) is 0 Å². The third-order valence-electron chi connectivity index (χ3n) is 9.81. The molecule has 22 heteroatoms. The van der Waals surface area contributed by atoms with Gasteiger partial charge in [-0.2, -0.15) is 0 Å². The quantitative estimate of drug-likeness (QED) is 0.0284. The molecule has 6 N–H and O–H groups in total. The van der Waals surface area contributed by atoms with Crippen molar-refractivity contribution in [1.29, 1.82) is 0 Å². The zero-order valence-corrected chi connectivity index (χ0v) is 44.6. The van der Waals surface area contributed by atoms with Crippen LogP contribution in [0.3, 0.4) is 0 Å². The van der Waals surface area contributed by atoms with Gasteiger partial charge in [-0.1, -0.05) is 156 Å². The summed E-state index contributed by atoms with van der Waals surface area (Å²) in [5.74, 6) is -7.69. The van der Waals surface area contributed by atoms with Crippen molar-refractivity contribution in [2.75, 3.05) is 0 Å². The Labute approximate surface area is 444 Å². The fraction of sp³-hybridized carbons (Fsp3) is 0.588. The van der Waals surface area contributed by atoms with Gasteiger partial charge in [-0.3, -0.25) is 0 Å². The second kappa shape index (κ2) is 54.0. The van der Waals surface area contributed by atoms with Crippen LogP contribution in [0.25, 0.3) is 18.2 Å². The minimum absolute atomic E-state index is 0. The first kappa shape index (κ1) is 73.8. The molecular formula is C51H78MoN6O15-6. The summed E-state index contributed by atoms with van der Waals surface area (Å²) in [5, 5.41) is 86.7. The van der Waals surface area contributed by atoms with E-state index >= 15 is 0 Å². The molecule has 0 aliphatic heterocycles. The van der Waals surface area contributed by atoms with E-state index in [-0.39, 0.29) is 21.1 Å². The summed E-state index contributed by atoms with van der Waals surface area (Å²) < 4.78 is 0. The Morgan fingerprint density at radius 2 is 0.616 bits per heavy atom. The molecule has 0 radical (unpaired) electrons. The van der Waals surface area contributed by atoms with E-state index in [2.05, 4.69) is 50.7 Å². The van der Waals surface area contributed by atoms with Gasteiger partial charge in [0.2, 0.25) is 0 Å². The minimum atomic E-state index is -1.35. The summed E-state index contributed by atoms with van der Waals surface area (Å²) in [6, 6.07) is 0. The number of carbonyl (C=O) groups is 6. The molecule has 0 aliphatic carbocycles. The predicted octanol–water partition coefficient (Wildman–Crippen LogP) is 1.23. The van der Waals surface area contributed by atoms with Gasteiger partial charge in [0, 0.05) is 21.1 Å². The van der Waals surface area contributed by atoms with Crippen LogP contribution >= 0.6 is 0 Å². The Kier molecular flexibility index (Phi) is 54.6. The second-order valence-corrected chi connectivity index (χ2v) is 16.2. The Bertz CT molecular complexity index is 1630. The zero-order valence-electron chi connectivity index (χ0n) is 42.6. The fourth-order valence-corrected chi connectivity index (χ4v) is 5.78. The zero-order chi connectivity index (χ0) is 54.6. The maximum absolute atomic E-state index is 10.1. The number of aliphatic hydroxyl groups excluding tert-OH is 3. The molecule has 0 aromatic carbocycles. The van der Waals surface area contributed by atoms with E-state index in [4.69, 9.17) is 15.3 Å². The molecule has 3 atom stereocenters. The van der Waals surface area contributed by atoms with Gasteiger partial charge in [-0.25, -0.2) is 15.0 Å². The number of unbranched alkanes of at least 4 members (excludes halogenated alkanes) is 18. The van der Waals surface area contributed by atoms with Gasteiger partial charge in [0.05, 0.1) is 109 Å². The maximum Gasteiger partial charge on any atom is 0.0933 e. The van der Waals surface area contributed by atoms with Gasteiger partial charge in [0.1, 0.15) is 0 Å². The van der Waals surface area contributed by atoms with Crippen LogP contribution in [0.2, 0.25) is 0 Å². The monoisotopic (exact) mass is 1110 g/mol. The van der Waals surface area contributed by atoms with Crippen molar-refractivity contribution >= 4 is 54.0 Å². The van der Waals surface area contributed by atoms with Crippen LogP contribution < -0.4 is 30.6 Å². The molecule has 0 amide bonds. The number of rotatable bonds is 33. The van der Waals surface area contributed by atoms with Crippen LogP contribution in [0, 0.1) is 0 Å². The number of aromatic nitrogens is 6. The maximum atomic E-state index is 10.1. The number of H-pyrrole nitrogens is 3. The number of carboxylic acid groups (broad SMARTS) is 6. The van der Waals surface area contributed by atoms with E-state index in [1.807, 2.05) is 0 Å². The molecule has 3 aromatic rings. The summed E-state index contributed by atoms with van der Waals surface area (Å²) in [6.45, 7) is 6.53. The van der Waals surface area contributed by atoms with E-state index in [0.29, 0.717) is 36.3 Å². The summed E-state index contributed by atoms with van der Waals surface area (Å²) in [4.78, 5) is 79.2. The third kappa shape index (κ3) is 57.0. The van der Waals surface area contributed by atoms with Crippen LogP contribution in [0.4, 0.5) is 0 Å². The van der Waals surface area contributed by atoms with Crippen molar-refractivity contribution in [3.63, 3.8) is 0 Å². The Hall–Kier alpha value is -5.76. The molecule has 21 nitrogen and oxygen atoms in total. The van der Waals surface area contributed by atoms with Crippen LogP contribution in [0.15, 0.2) is 55.8 Å². The number of nitrogens with zero attached hydrogens (tertiary/aromatic N) is 3. The average molecular weight is 1110 g/mol. The molecule has 0 bridgehead atoms. The van der Waals surface area contributed by atoms with Crippen LogP contribution in [0.1, 0.15) is 192 Å². The normalized spacial score (nSPS) is 11.6. The first-order valence-corrected chi connectivity index (χ1v) is 24.7. The van der Waals surface area contributed by atoms with E-state index in [1.165, 1.54) is 133 Å². The molecule has 0 fully saturated rings. The molecule has 73 heavy (non-hydrogen) atoms. The first-order chi connectivity index (χ1) is 34.4. The number of nitrogens with one attached hydrogen (secondary N) is 3. The van der Waals surface area contributed by atoms with Crippen LogP contribution in [-0.2, 0) is 49.8 Å². The summed E-state index contributed by atoms with van der Waals surface area (Å²) >= 11 is 0. The molecule has 414 valence electrons. The first-order valence-electron chi connectivity index (χ1n) is 24.7. The number of imidazole rings is 3. The summed E-state index contributed by atoms with van der Waals surface area (Å²) in [6.07, 6.45) is 36.8. The van der Waals surface area contributed by atoms with Crippen molar-refractivity contribution in [2.45, 2.75) is 193 Å². The SMILES string of the molecule is CCCCCCCCCC(O)C(=O)[O-].CCCCCCCCCC(O)C(=O)[O-].CCCCCCCCCC(O)C(=O)[O-].O=C([O-])C=Cc1cnc[nH]1.O=C([O-])C=Cc1cnc[nH]1.O=C([O-])C=Cc1cnc[nH]1.[Mo]. The van der Waals surface area contributed by atoms with Gasteiger partial charge in [-0.15, -0.1) is 0 Å². The molecule has 3 rings (SSSR count). The van der Waals surface area contributed by atoms with Gasteiger partial charge in [0.25, 0.3) is 0 Å². The van der Waals surface area contributed by atoms with E-state index in [0.717, 1.165) is 76.0 Å². The third-order valence-corrected chi connectivity index (χ3v) is 9.81. The Balaban J connectivity index is -0.000000392. The number of hydrogen-bond acceptors (Lipinski definition) is 18. The second-order valence-electron chi connectivity index (χ2n) is 16.2. The van der Waals surface area contributed by atoms with Crippen LogP contribution in [0.5, 0.6) is 0 Å². The number of hydrogen-bond donors (Lipinski definition) is 6. The summed E-state index contributed by atoms with van der Waals surface area (Å²) in [5.41, 5.74) is 1.93. The molecule has 3 unspecified atom stereocenters. The van der Waals surface area contributed by atoms with Gasteiger partial charge in [-0.05, 0) is 55.7 Å². The van der Waals surface area contributed by atoms with Crippen molar-refractivity contribution in [3.05, 3.63) is 72.9 Å². The molecular weight excluding hydrogens is 1030 g/mol. The minimum Gasteiger partial charge on any atom is -0.547 e. The van der Waals surface area contributed by atoms with Crippen molar-refractivity contribution in [1.82, 2.24) is 29.9 Å². The van der Waals surface area contributed by atoms with E-state index in [1.54, 1.807) is 0 Å². The number of aliphatic hydroxyl groups is 3. The fourth-order valence-electron chi connectivity index (χ4n) is 5.78. The Morgan fingerprint density at radius 1 is 0.411 bits per heavy atom. The molecule has 0 saturated heterocycles. The van der Waals surface area contributed by atoms with Crippen molar-refractivity contribution < 1.29 is 95.8 Å². The van der Waals surface area contributed by atoms with Gasteiger partial charge < -0.3 is 89.7 Å². The molecule has 3 aromatic heterocycles. The smallest absolute Gasteiger partial charge is 0.0933 e. The number of carboxylic acids is 6. The summed E-state index contributed by atoms with van der Waals surface area (Å²) in [7, 11) is 0. The molecule has 3 heterocycles. The number of aliphatic carboxylic acids is 6. The molecule has 0 aliphatic rings. The van der Waals surface area contributed by atoms with Crippen molar-refractivity contribution in [2.24, 2.45) is 0 Å². The molecule has 0 saturated carbocycles. The molecule has 0 spiro atoms. The van der Waals surface area contributed by atoms with E-state index < -0.39 is 54.1 Å². The predicted molar refractivity (Wildman–Crippen MR) is 259 cm³/mol. The van der Waals surface area contributed by atoms with E-state index in [9.17, 15) is 59.4 Å². The van der Waals surface area contributed by atoms with Gasteiger partial charge in [0.15, 0.2) is 0 Å². The van der Waals surface area contributed by atoms with Gasteiger partial charge >= 0.3 is 0 Å². The standard InChI is InChI=1S/3C11H22O3.3C6H6N2O2.Mo/c3*1-2-3-4-5-6-7-8-9-10(12)11(13)14;3*9-6(10)2-1-5-3-7-4-8-5;/h3*10,12H,2-9H2,1H3,(H,13,14);3*1-4H,(H,7,8)(H,9,10);/p-6. The largest absolute Gasteiger partial charge is 0.547 e. The Morgan fingerprint density at radius 3 is 0.781 bits per heavy atom.